The molecule has 0 fully saturated rings. The molecule has 1 heterocycles. The number of alkyl halides is 1. The van der Waals surface area contributed by atoms with Gasteiger partial charge in [0.1, 0.15) is 0 Å². The molecule has 0 aliphatic carbocycles. The molecule has 1 rings (SSSR count). The third-order valence-corrected chi connectivity index (χ3v) is 1.84. The average Bonchev–Trinajstić information content (AvgIpc) is 2.50. The highest BCUT2D eigenvalue weighted by Gasteiger charge is 2.20. The Morgan fingerprint density at radius 1 is 1.91 bits per heavy atom. The Bertz CT molecular complexity index is 212. The molecule has 1 N–H and O–H groups in total. The van der Waals surface area contributed by atoms with Gasteiger partial charge in [0.2, 0.25) is 0 Å². The van der Waals surface area contributed by atoms with Gasteiger partial charge in [0.05, 0.1) is 17.5 Å². The van der Waals surface area contributed by atoms with E-state index in [9.17, 15) is 9.59 Å². The van der Waals surface area contributed by atoms with Crippen LogP contribution in [0.2, 0.25) is 0 Å². The summed E-state index contributed by atoms with van der Waals surface area (Å²) in [6.07, 6.45) is 2.30. The van der Waals surface area contributed by atoms with Gasteiger partial charge in [0.15, 0.2) is 12.1 Å². The number of allylic oxidation sites excluding steroid dienone is 1. The lowest BCUT2D eigenvalue weighted by molar-refractivity contribution is -0.118. The molecular weight excluding hydrogens is 166 g/mol. The molecule has 0 aromatic rings. The Balaban J connectivity index is 2.58. The predicted octanol–water partition coefficient (Wildman–Crippen LogP) is 0.0965. The van der Waals surface area contributed by atoms with E-state index in [-0.39, 0.29) is 17.6 Å². The Hall–Kier alpha value is -0.830. The second-order valence-electron chi connectivity index (χ2n) is 2.33. The maximum Gasteiger partial charge on any atom is 0.165 e. The number of ketones is 1. The van der Waals surface area contributed by atoms with Gasteiger partial charge in [0, 0.05) is 6.54 Å². The Labute approximate surface area is 69.4 Å². The van der Waals surface area contributed by atoms with Crippen LogP contribution < -0.4 is 5.32 Å². The summed E-state index contributed by atoms with van der Waals surface area (Å²) in [5.41, 5.74) is 0.480. The summed E-state index contributed by atoms with van der Waals surface area (Å²) in [6, 6.07) is 0. The van der Waals surface area contributed by atoms with Gasteiger partial charge in [-0.05, 0) is 6.08 Å². The number of hydrogen-bond donors (Lipinski definition) is 1. The largest absolute Gasteiger partial charge is 0.382 e. The minimum absolute atomic E-state index is 0.00891. The van der Waals surface area contributed by atoms with Crippen molar-refractivity contribution in [2.45, 2.75) is 0 Å². The fraction of sp³-hybridized carbons (Fsp3) is 0.429. The van der Waals surface area contributed by atoms with Gasteiger partial charge in [-0.1, -0.05) is 0 Å². The molecule has 0 saturated carbocycles. The highest BCUT2D eigenvalue weighted by atomic mass is 35.5. The quantitative estimate of drug-likeness (QED) is 0.486. The molecule has 0 saturated heterocycles. The summed E-state index contributed by atoms with van der Waals surface area (Å²) in [5.74, 6) is -0.252. The molecule has 60 valence electrons. The molecule has 0 aromatic heterocycles. The van der Waals surface area contributed by atoms with Crippen molar-refractivity contribution in [3.63, 3.8) is 0 Å². The van der Waals surface area contributed by atoms with Gasteiger partial charge < -0.3 is 5.32 Å². The van der Waals surface area contributed by atoms with E-state index in [4.69, 9.17) is 11.6 Å². The molecular formula is C7H8ClNO2. The lowest BCUT2D eigenvalue weighted by Crippen LogP contribution is -2.20. The van der Waals surface area contributed by atoms with Crippen LogP contribution in [-0.4, -0.2) is 24.5 Å². The van der Waals surface area contributed by atoms with Crippen molar-refractivity contribution in [3.8, 4) is 0 Å². The Morgan fingerprint density at radius 3 is 3.09 bits per heavy atom. The number of halogens is 1. The van der Waals surface area contributed by atoms with Crippen LogP contribution in [0.4, 0.5) is 0 Å². The Morgan fingerprint density at radius 2 is 2.64 bits per heavy atom. The molecule has 1 aliphatic heterocycles. The lowest BCUT2D eigenvalue weighted by atomic mass is 10.1. The van der Waals surface area contributed by atoms with Gasteiger partial charge >= 0.3 is 0 Å². The summed E-state index contributed by atoms with van der Waals surface area (Å²) < 4.78 is 0. The topological polar surface area (TPSA) is 46.2 Å². The number of Topliss-reactive ketones (excluding diaryl/α,β-unsaturated/α-hetero) is 1. The molecule has 0 spiro atoms. The van der Waals surface area contributed by atoms with Crippen molar-refractivity contribution in [1.29, 1.82) is 0 Å². The first-order valence-electron chi connectivity index (χ1n) is 3.27. The second-order valence-corrected chi connectivity index (χ2v) is 2.59. The number of hydrogen-bond acceptors (Lipinski definition) is 3. The lowest BCUT2D eigenvalue weighted by Gasteiger charge is -2.00. The predicted molar refractivity (Wildman–Crippen MR) is 41.4 cm³/mol. The molecule has 3 nitrogen and oxygen atoms in total. The van der Waals surface area contributed by atoms with Crippen LogP contribution in [-0.2, 0) is 9.59 Å². The summed E-state index contributed by atoms with van der Waals surface area (Å²) in [7, 11) is 0. The van der Waals surface area contributed by atoms with E-state index < -0.39 is 0 Å². The first-order chi connectivity index (χ1) is 5.27. The Kier molecular flexibility index (Phi) is 2.65. The fourth-order valence-corrected chi connectivity index (χ4v) is 1.15. The number of nitrogens with one attached hydrogen (secondary N) is 1. The second kappa shape index (κ2) is 3.53. The van der Waals surface area contributed by atoms with Crippen molar-refractivity contribution in [1.82, 2.24) is 5.32 Å². The first kappa shape index (κ1) is 8.27. The monoisotopic (exact) mass is 173 g/mol. The molecule has 11 heavy (non-hydrogen) atoms. The number of carbonyl (C=O) groups excluding carboxylic acids is 2. The normalized spacial score (nSPS) is 22.3. The molecule has 1 unspecified atom stereocenters. The smallest absolute Gasteiger partial charge is 0.165 e. The van der Waals surface area contributed by atoms with Crippen LogP contribution in [0, 0.1) is 5.92 Å². The first-order valence-corrected chi connectivity index (χ1v) is 3.81. The standard InChI is InChI=1S/C7H8ClNO2/c8-2-7(11)5-1-6(4-10)9-3-5/h1,4-5,9H,2-3H2. The van der Waals surface area contributed by atoms with E-state index in [0.717, 1.165) is 0 Å². The number of aldehydes is 1. The van der Waals surface area contributed by atoms with Crippen molar-refractivity contribution in [3.05, 3.63) is 11.8 Å². The molecule has 0 amide bonds. The van der Waals surface area contributed by atoms with Crippen molar-refractivity contribution in [2.75, 3.05) is 12.4 Å². The SMILES string of the molecule is O=CC1=CC(C(=O)CCl)CN1. The van der Waals surface area contributed by atoms with E-state index in [2.05, 4.69) is 5.32 Å². The zero-order chi connectivity index (χ0) is 8.27. The van der Waals surface area contributed by atoms with Crippen LogP contribution in [0.25, 0.3) is 0 Å². The van der Waals surface area contributed by atoms with Crippen LogP contribution in [0.15, 0.2) is 11.8 Å². The molecule has 0 radical (unpaired) electrons. The van der Waals surface area contributed by atoms with Crippen LogP contribution in [0.1, 0.15) is 0 Å². The van der Waals surface area contributed by atoms with Gasteiger partial charge in [-0.2, -0.15) is 0 Å². The van der Waals surface area contributed by atoms with E-state index in [1.54, 1.807) is 6.08 Å². The van der Waals surface area contributed by atoms with E-state index in [1.165, 1.54) is 0 Å². The van der Waals surface area contributed by atoms with Crippen LogP contribution in [0.3, 0.4) is 0 Å². The summed E-state index contributed by atoms with van der Waals surface area (Å²) in [6.45, 7) is 0.500. The highest BCUT2D eigenvalue weighted by molar-refractivity contribution is 6.28. The molecule has 0 aromatic carbocycles. The molecule has 0 bridgehead atoms. The summed E-state index contributed by atoms with van der Waals surface area (Å²) >= 11 is 5.33. The number of carbonyl (C=O) groups is 2. The van der Waals surface area contributed by atoms with Gasteiger partial charge in [-0.15, -0.1) is 11.6 Å². The summed E-state index contributed by atoms with van der Waals surface area (Å²) in [5, 5.41) is 2.79. The van der Waals surface area contributed by atoms with Gasteiger partial charge in [-0.25, -0.2) is 0 Å². The molecule has 4 heteroatoms. The average molecular weight is 174 g/mol. The van der Waals surface area contributed by atoms with Crippen molar-refractivity contribution >= 4 is 23.7 Å². The van der Waals surface area contributed by atoms with Crippen LogP contribution in [0.5, 0.6) is 0 Å². The minimum atomic E-state index is -0.215. The maximum atomic E-state index is 10.9. The van der Waals surface area contributed by atoms with E-state index in [0.29, 0.717) is 18.5 Å². The third-order valence-electron chi connectivity index (χ3n) is 1.58. The fourth-order valence-electron chi connectivity index (χ4n) is 0.949. The highest BCUT2D eigenvalue weighted by Crippen LogP contribution is 2.09. The van der Waals surface area contributed by atoms with Gasteiger partial charge in [0.25, 0.3) is 0 Å². The van der Waals surface area contributed by atoms with Gasteiger partial charge in [-0.3, -0.25) is 9.59 Å². The van der Waals surface area contributed by atoms with E-state index >= 15 is 0 Å². The minimum Gasteiger partial charge on any atom is -0.382 e. The van der Waals surface area contributed by atoms with Crippen molar-refractivity contribution in [2.24, 2.45) is 5.92 Å². The maximum absolute atomic E-state index is 10.9. The third kappa shape index (κ3) is 1.80. The molecule has 1 aliphatic rings. The van der Waals surface area contributed by atoms with E-state index in [1.807, 2.05) is 0 Å². The van der Waals surface area contributed by atoms with Crippen LogP contribution >= 0.6 is 11.6 Å². The number of rotatable bonds is 3. The summed E-state index contributed by atoms with van der Waals surface area (Å²) in [4.78, 5) is 21.1. The zero-order valence-corrected chi connectivity index (χ0v) is 6.60. The van der Waals surface area contributed by atoms with Crippen molar-refractivity contribution < 1.29 is 9.59 Å². The zero-order valence-electron chi connectivity index (χ0n) is 5.84. The molecule has 1 atom stereocenters.